The van der Waals surface area contributed by atoms with Crippen molar-refractivity contribution in [3.05, 3.63) is 131 Å². The van der Waals surface area contributed by atoms with Crippen LogP contribution in [0.4, 0.5) is 0 Å². The molecule has 1 N–H and O–H groups in total. The number of fused-ring (bicyclic) bond motifs is 3. The van der Waals surface area contributed by atoms with Gasteiger partial charge in [-0.15, -0.1) is 0 Å². The quantitative estimate of drug-likeness (QED) is 0.424. The number of carboxylic acid groups (broad SMARTS) is 1. The Morgan fingerprint density at radius 3 is 1.81 bits per heavy atom. The highest BCUT2D eigenvalue weighted by Crippen LogP contribution is 2.53. The van der Waals surface area contributed by atoms with Gasteiger partial charge in [-0.1, -0.05) is 103 Å². The smallest absolute Gasteiger partial charge is 0.307 e. The molecule has 31 heavy (non-hydrogen) atoms. The minimum atomic E-state index is -0.794. The summed E-state index contributed by atoms with van der Waals surface area (Å²) in [5, 5.41) is 9.66. The highest BCUT2D eigenvalue weighted by Gasteiger charge is 2.44. The van der Waals surface area contributed by atoms with Crippen molar-refractivity contribution in [1.82, 2.24) is 0 Å². The minimum Gasteiger partial charge on any atom is -0.481 e. The van der Waals surface area contributed by atoms with Crippen LogP contribution in [-0.4, -0.2) is 11.1 Å². The molecular formula is C29H24O2. The van der Waals surface area contributed by atoms with Crippen LogP contribution >= 0.6 is 0 Å². The zero-order chi connectivity index (χ0) is 21.3. The van der Waals surface area contributed by atoms with Crippen molar-refractivity contribution in [3.8, 4) is 11.1 Å². The highest BCUT2D eigenvalue weighted by atomic mass is 16.4. The van der Waals surface area contributed by atoms with E-state index in [-0.39, 0.29) is 11.8 Å². The first kappa shape index (κ1) is 19.3. The summed E-state index contributed by atoms with van der Waals surface area (Å²) < 4.78 is 0. The summed E-state index contributed by atoms with van der Waals surface area (Å²) in [6.45, 7) is 0. The van der Waals surface area contributed by atoms with Gasteiger partial charge in [-0.05, 0) is 51.8 Å². The first-order valence-electron chi connectivity index (χ1n) is 10.7. The second-order valence-electron chi connectivity index (χ2n) is 8.36. The van der Waals surface area contributed by atoms with E-state index in [4.69, 9.17) is 0 Å². The van der Waals surface area contributed by atoms with Gasteiger partial charge in [0.05, 0.1) is 6.42 Å². The molecule has 1 aliphatic rings. The van der Waals surface area contributed by atoms with Crippen molar-refractivity contribution in [1.29, 1.82) is 0 Å². The standard InChI is InChI=1S/C29H24O2/c30-27(31)18-23-14-9-16-25-24-15-7-8-17-26(24)29(28(23)25,19-21-10-3-1-4-11-21)20-22-12-5-2-6-13-22/h1-17H,18-20H2,(H,30,31). The molecular weight excluding hydrogens is 380 g/mol. The Morgan fingerprint density at radius 1 is 0.645 bits per heavy atom. The largest absolute Gasteiger partial charge is 0.481 e. The Morgan fingerprint density at radius 2 is 1.19 bits per heavy atom. The highest BCUT2D eigenvalue weighted by molar-refractivity contribution is 5.84. The van der Waals surface area contributed by atoms with Crippen LogP contribution in [0.2, 0.25) is 0 Å². The summed E-state index contributed by atoms with van der Waals surface area (Å²) >= 11 is 0. The van der Waals surface area contributed by atoms with Gasteiger partial charge in [0.15, 0.2) is 0 Å². The topological polar surface area (TPSA) is 37.3 Å². The maximum atomic E-state index is 11.8. The zero-order valence-electron chi connectivity index (χ0n) is 17.3. The number of hydrogen-bond donors (Lipinski definition) is 1. The van der Waals surface area contributed by atoms with E-state index in [0.29, 0.717) is 0 Å². The SMILES string of the molecule is O=C(O)Cc1cccc2c1C(Cc1ccccc1)(Cc1ccccc1)c1ccccc1-2. The fourth-order valence-corrected chi connectivity index (χ4v) is 5.29. The third-order valence-corrected chi connectivity index (χ3v) is 6.40. The van der Waals surface area contributed by atoms with Crippen molar-refractivity contribution < 1.29 is 9.90 Å². The third-order valence-electron chi connectivity index (χ3n) is 6.40. The third kappa shape index (κ3) is 3.44. The Kier molecular flexibility index (Phi) is 4.91. The number of rotatable bonds is 6. The Hall–Kier alpha value is -3.65. The van der Waals surface area contributed by atoms with Crippen molar-refractivity contribution >= 4 is 5.97 Å². The van der Waals surface area contributed by atoms with E-state index in [1.807, 2.05) is 24.3 Å². The summed E-state index contributed by atoms with van der Waals surface area (Å²) in [6, 6.07) is 35.8. The molecule has 0 aromatic heterocycles. The summed E-state index contributed by atoms with van der Waals surface area (Å²) in [4.78, 5) is 11.8. The molecule has 0 atom stereocenters. The van der Waals surface area contributed by atoms with Crippen LogP contribution in [0, 0.1) is 0 Å². The van der Waals surface area contributed by atoms with E-state index < -0.39 is 5.97 Å². The number of hydrogen-bond acceptors (Lipinski definition) is 1. The van der Waals surface area contributed by atoms with Crippen molar-refractivity contribution in [3.63, 3.8) is 0 Å². The molecule has 0 heterocycles. The van der Waals surface area contributed by atoms with Gasteiger partial charge in [-0.3, -0.25) is 4.79 Å². The summed E-state index contributed by atoms with van der Waals surface area (Å²) in [6.07, 6.45) is 1.68. The molecule has 0 fully saturated rings. The first-order valence-corrected chi connectivity index (χ1v) is 10.7. The molecule has 0 aliphatic heterocycles. The molecule has 0 saturated heterocycles. The van der Waals surface area contributed by atoms with E-state index >= 15 is 0 Å². The van der Waals surface area contributed by atoms with E-state index in [9.17, 15) is 9.90 Å². The Labute approximate surface area is 182 Å². The normalized spacial score (nSPS) is 13.4. The van der Waals surface area contributed by atoms with Crippen molar-refractivity contribution in [2.45, 2.75) is 24.7 Å². The lowest BCUT2D eigenvalue weighted by atomic mass is 9.68. The van der Waals surface area contributed by atoms with Gasteiger partial charge in [-0.2, -0.15) is 0 Å². The molecule has 2 nitrogen and oxygen atoms in total. The average Bonchev–Trinajstić information content (AvgIpc) is 3.06. The average molecular weight is 405 g/mol. The van der Waals surface area contributed by atoms with Crippen molar-refractivity contribution in [2.75, 3.05) is 0 Å². The fraction of sp³-hybridized carbons (Fsp3) is 0.138. The van der Waals surface area contributed by atoms with E-state index in [2.05, 4.69) is 78.9 Å². The van der Waals surface area contributed by atoms with Crippen LogP contribution in [0.25, 0.3) is 11.1 Å². The minimum absolute atomic E-state index is 0.0302. The predicted molar refractivity (Wildman–Crippen MR) is 124 cm³/mol. The Balaban J connectivity index is 1.79. The molecule has 0 spiro atoms. The zero-order valence-corrected chi connectivity index (χ0v) is 17.3. The molecule has 4 aromatic rings. The van der Waals surface area contributed by atoms with Gasteiger partial charge in [0, 0.05) is 5.41 Å². The Bertz CT molecular complexity index is 1180. The lowest BCUT2D eigenvalue weighted by Crippen LogP contribution is -2.32. The van der Waals surface area contributed by atoms with Gasteiger partial charge in [-0.25, -0.2) is 0 Å². The van der Waals surface area contributed by atoms with Gasteiger partial charge < -0.3 is 5.11 Å². The maximum absolute atomic E-state index is 11.8. The summed E-state index contributed by atoms with van der Waals surface area (Å²) in [5.41, 5.74) is 7.95. The molecule has 0 radical (unpaired) electrons. The van der Waals surface area contributed by atoms with E-state index in [0.717, 1.165) is 18.4 Å². The first-order chi connectivity index (χ1) is 15.2. The molecule has 0 unspecified atom stereocenters. The number of aliphatic carboxylic acids is 1. The second kappa shape index (κ2) is 7.88. The van der Waals surface area contributed by atoms with Gasteiger partial charge in [0.1, 0.15) is 0 Å². The molecule has 0 bridgehead atoms. The van der Waals surface area contributed by atoms with Crippen molar-refractivity contribution in [2.24, 2.45) is 0 Å². The fourth-order valence-electron chi connectivity index (χ4n) is 5.29. The van der Waals surface area contributed by atoms with E-state index in [1.54, 1.807) is 0 Å². The van der Waals surface area contributed by atoms with Crippen LogP contribution in [0.5, 0.6) is 0 Å². The van der Waals surface area contributed by atoms with Crippen LogP contribution in [-0.2, 0) is 29.5 Å². The van der Waals surface area contributed by atoms with E-state index in [1.165, 1.54) is 33.4 Å². The molecule has 152 valence electrons. The molecule has 4 aromatic carbocycles. The van der Waals surface area contributed by atoms with Gasteiger partial charge in [0.2, 0.25) is 0 Å². The lowest BCUT2D eigenvalue weighted by Gasteiger charge is -2.34. The maximum Gasteiger partial charge on any atom is 0.307 e. The second-order valence-corrected chi connectivity index (χ2v) is 8.36. The molecule has 0 amide bonds. The molecule has 5 rings (SSSR count). The number of benzene rings is 4. The molecule has 2 heteroatoms. The predicted octanol–water partition coefficient (Wildman–Crippen LogP) is 6.07. The van der Waals surface area contributed by atoms with Crippen LogP contribution < -0.4 is 0 Å². The van der Waals surface area contributed by atoms with Crippen LogP contribution in [0.1, 0.15) is 27.8 Å². The van der Waals surface area contributed by atoms with Gasteiger partial charge in [0.25, 0.3) is 0 Å². The monoisotopic (exact) mass is 404 g/mol. The van der Waals surface area contributed by atoms with Crippen LogP contribution in [0.3, 0.4) is 0 Å². The molecule has 0 saturated carbocycles. The summed E-state index contributed by atoms with van der Waals surface area (Å²) in [7, 11) is 0. The number of carbonyl (C=O) groups is 1. The van der Waals surface area contributed by atoms with Gasteiger partial charge >= 0.3 is 5.97 Å². The van der Waals surface area contributed by atoms with Crippen LogP contribution in [0.15, 0.2) is 103 Å². The number of carboxylic acids is 1. The summed E-state index contributed by atoms with van der Waals surface area (Å²) in [5.74, 6) is -0.794. The lowest BCUT2D eigenvalue weighted by molar-refractivity contribution is -0.136. The molecule has 1 aliphatic carbocycles.